The molecule has 2 rings (SSSR count). The minimum Gasteiger partial charge on any atom is -0.396 e. The van der Waals surface area contributed by atoms with Crippen LogP contribution in [0.4, 0.5) is 5.69 Å². The second-order valence-electron chi connectivity index (χ2n) is 4.25. The van der Waals surface area contributed by atoms with E-state index in [0.717, 1.165) is 9.13 Å². The van der Waals surface area contributed by atoms with Gasteiger partial charge in [-0.15, -0.1) is 0 Å². The number of rotatable bonds is 4. The maximum Gasteiger partial charge on any atom is 0.256 e. The van der Waals surface area contributed by atoms with Gasteiger partial charge >= 0.3 is 0 Å². The van der Waals surface area contributed by atoms with Crippen LogP contribution in [0.1, 0.15) is 15.9 Å². The van der Waals surface area contributed by atoms with Crippen molar-refractivity contribution < 1.29 is 9.90 Å². The van der Waals surface area contributed by atoms with Crippen LogP contribution in [0.25, 0.3) is 0 Å². The van der Waals surface area contributed by atoms with Gasteiger partial charge < -0.3 is 10.4 Å². The third-order valence-corrected chi connectivity index (χ3v) is 3.96. The molecule has 2 aromatic carbocycles. The fourth-order valence-electron chi connectivity index (χ4n) is 1.75. The highest BCUT2D eigenvalue weighted by atomic mass is 127. The standard InChI is InChI=1S/C15H13ClINO2/c16-11-3-6-14(17)13(9-11)15(20)18-12-4-1-10(2-5-12)7-8-19/h1-6,9,19H,7-8H2,(H,18,20). The maximum absolute atomic E-state index is 12.2. The molecule has 0 unspecified atom stereocenters. The summed E-state index contributed by atoms with van der Waals surface area (Å²) in [5.41, 5.74) is 2.30. The van der Waals surface area contributed by atoms with Crippen LogP contribution in [-0.2, 0) is 6.42 Å². The summed E-state index contributed by atoms with van der Waals surface area (Å²) in [5, 5.41) is 12.2. The van der Waals surface area contributed by atoms with Gasteiger partial charge in [-0.3, -0.25) is 4.79 Å². The van der Waals surface area contributed by atoms with Gasteiger partial charge in [-0.1, -0.05) is 23.7 Å². The average Bonchev–Trinajstić information content (AvgIpc) is 2.44. The lowest BCUT2D eigenvalue weighted by Crippen LogP contribution is -2.13. The number of benzene rings is 2. The molecule has 20 heavy (non-hydrogen) atoms. The first-order valence-corrected chi connectivity index (χ1v) is 7.52. The Morgan fingerprint density at radius 3 is 2.55 bits per heavy atom. The summed E-state index contributed by atoms with van der Waals surface area (Å²) < 4.78 is 0.849. The first-order chi connectivity index (χ1) is 9.60. The Labute approximate surface area is 136 Å². The minimum absolute atomic E-state index is 0.117. The highest BCUT2D eigenvalue weighted by Crippen LogP contribution is 2.19. The first-order valence-electron chi connectivity index (χ1n) is 6.06. The third kappa shape index (κ3) is 3.94. The van der Waals surface area contributed by atoms with Crippen LogP contribution in [0, 0.1) is 3.57 Å². The molecule has 1 amide bonds. The topological polar surface area (TPSA) is 49.3 Å². The lowest BCUT2D eigenvalue weighted by molar-refractivity contribution is 0.102. The SMILES string of the molecule is O=C(Nc1ccc(CCO)cc1)c1cc(Cl)ccc1I. The van der Waals surface area contributed by atoms with E-state index in [9.17, 15) is 4.79 Å². The molecular formula is C15H13ClINO2. The van der Waals surface area contributed by atoms with E-state index in [1.807, 2.05) is 30.3 Å². The second kappa shape index (κ2) is 7.06. The highest BCUT2D eigenvalue weighted by molar-refractivity contribution is 14.1. The van der Waals surface area contributed by atoms with E-state index < -0.39 is 0 Å². The van der Waals surface area contributed by atoms with Crippen LogP contribution in [0.3, 0.4) is 0 Å². The van der Waals surface area contributed by atoms with E-state index in [0.29, 0.717) is 22.7 Å². The second-order valence-corrected chi connectivity index (χ2v) is 5.85. The summed E-state index contributed by atoms with van der Waals surface area (Å²) in [7, 11) is 0. The van der Waals surface area contributed by atoms with Crippen molar-refractivity contribution in [2.75, 3.05) is 11.9 Å². The van der Waals surface area contributed by atoms with Crippen molar-refractivity contribution in [3.05, 3.63) is 62.2 Å². The molecule has 0 saturated heterocycles. The lowest BCUT2D eigenvalue weighted by Gasteiger charge is -2.08. The van der Waals surface area contributed by atoms with E-state index in [-0.39, 0.29) is 12.5 Å². The Hall–Kier alpha value is -1.11. The normalized spacial score (nSPS) is 10.3. The molecule has 0 heterocycles. The molecule has 3 nitrogen and oxygen atoms in total. The maximum atomic E-state index is 12.2. The van der Waals surface area contributed by atoms with Gasteiger partial charge in [0.1, 0.15) is 0 Å². The van der Waals surface area contributed by atoms with Crippen LogP contribution < -0.4 is 5.32 Å². The van der Waals surface area contributed by atoms with Gasteiger partial charge in [0, 0.05) is 20.9 Å². The summed E-state index contributed by atoms with van der Waals surface area (Å²) in [6.07, 6.45) is 0.612. The molecule has 2 aromatic rings. The van der Waals surface area contributed by atoms with Crippen LogP contribution in [0.2, 0.25) is 5.02 Å². The van der Waals surface area contributed by atoms with Gasteiger partial charge in [-0.25, -0.2) is 0 Å². The zero-order chi connectivity index (χ0) is 14.5. The Balaban J connectivity index is 2.13. The summed E-state index contributed by atoms with van der Waals surface area (Å²) in [6.45, 7) is 0.117. The van der Waals surface area contributed by atoms with Crippen LogP contribution in [-0.4, -0.2) is 17.6 Å². The smallest absolute Gasteiger partial charge is 0.256 e. The van der Waals surface area contributed by atoms with Crippen LogP contribution >= 0.6 is 34.2 Å². The number of hydrogen-bond acceptors (Lipinski definition) is 2. The number of carbonyl (C=O) groups excluding carboxylic acids is 1. The average molecular weight is 402 g/mol. The van der Waals surface area contributed by atoms with Gasteiger partial charge in [0.05, 0.1) is 5.56 Å². The van der Waals surface area contributed by atoms with Crippen molar-refractivity contribution in [2.45, 2.75) is 6.42 Å². The van der Waals surface area contributed by atoms with Crippen molar-refractivity contribution in [2.24, 2.45) is 0 Å². The Bertz CT molecular complexity index is 614. The number of amides is 1. The van der Waals surface area contributed by atoms with E-state index in [1.165, 1.54) is 0 Å². The molecule has 0 atom stereocenters. The highest BCUT2D eigenvalue weighted by Gasteiger charge is 2.10. The molecule has 0 spiro atoms. The molecule has 0 aromatic heterocycles. The molecule has 0 aliphatic carbocycles. The third-order valence-electron chi connectivity index (χ3n) is 2.79. The monoisotopic (exact) mass is 401 g/mol. The molecule has 5 heteroatoms. The summed E-state index contributed by atoms with van der Waals surface area (Å²) in [4.78, 5) is 12.2. The molecule has 0 bridgehead atoms. The minimum atomic E-state index is -0.188. The molecule has 0 aliphatic rings. The van der Waals surface area contributed by atoms with E-state index >= 15 is 0 Å². The molecule has 0 aliphatic heterocycles. The van der Waals surface area contributed by atoms with Crippen molar-refractivity contribution in [3.8, 4) is 0 Å². The zero-order valence-corrected chi connectivity index (χ0v) is 13.5. The number of hydrogen-bond donors (Lipinski definition) is 2. The molecule has 2 N–H and O–H groups in total. The largest absolute Gasteiger partial charge is 0.396 e. The number of anilines is 1. The molecule has 104 valence electrons. The van der Waals surface area contributed by atoms with E-state index in [2.05, 4.69) is 27.9 Å². The van der Waals surface area contributed by atoms with Crippen molar-refractivity contribution in [1.29, 1.82) is 0 Å². The van der Waals surface area contributed by atoms with Crippen molar-refractivity contribution >= 4 is 45.8 Å². The number of carbonyl (C=O) groups is 1. The summed E-state index contributed by atoms with van der Waals surface area (Å²) in [5.74, 6) is -0.188. The van der Waals surface area contributed by atoms with Gasteiger partial charge in [0.2, 0.25) is 0 Å². The molecule has 0 radical (unpaired) electrons. The fraction of sp³-hybridized carbons (Fsp3) is 0.133. The fourth-order valence-corrected chi connectivity index (χ4v) is 2.51. The van der Waals surface area contributed by atoms with Gasteiger partial charge in [-0.05, 0) is 64.9 Å². The molecular weight excluding hydrogens is 389 g/mol. The summed E-state index contributed by atoms with van der Waals surface area (Å²) in [6, 6.07) is 12.6. The van der Waals surface area contributed by atoms with Gasteiger partial charge in [0.25, 0.3) is 5.91 Å². The number of nitrogens with one attached hydrogen (secondary N) is 1. The predicted molar refractivity (Wildman–Crippen MR) is 89.4 cm³/mol. The van der Waals surface area contributed by atoms with Crippen molar-refractivity contribution in [1.82, 2.24) is 0 Å². The lowest BCUT2D eigenvalue weighted by atomic mass is 10.1. The van der Waals surface area contributed by atoms with Crippen molar-refractivity contribution in [3.63, 3.8) is 0 Å². The van der Waals surface area contributed by atoms with Gasteiger partial charge in [0.15, 0.2) is 0 Å². The van der Waals surface area contributed by atoms with E-state index in [1.54, 1.807) is 12.1 Å². The first kappa shape index (κ1) is 15.3. The number of halogens is 2. The molecule has 0 fully saturated rings. The Morgan fingerprint density at radius 1 is 1.20 bits per heavy atom. The zero-order valence-electron chi connectivity index (χ0n) is 10.6. The Kier molecular flexibility index (Phi) is 5.39. The van der Waals surface area contributed by atoms with Gasteiger partial charge in [-0.2, -0.15) is 0 Å². The quantitative estimate of drug-likeness (QED) is 0.767. The predicted octanol–water partition coefficient (Wildman–Crippen LogP) is 3.73. The van der Waals surface area contributed by atoms with Crippen LogP contribution in [0.15, 0.2) is 42.5 Å². The van der Waals surface area contributed by atoms with E-state index in [4.69, 9.17) is 16.7 Å². The summed E-state index contributed by atoms with van der Waals surface area (Å²) >= 11 is 8.02. The number of aliphatic hydroxyl groups excluding tert-OH is 1. The molecule has 0 saturated carbocycles. The number of aliphatic hydroxyl groups is 1. The Morgan fingerprint density at radius 2 is 1.90 bits per heavy atom. The van der Waals surface area contributed by atoms with Crippen LogP contribution in [0.5, 0.6) is 0 Å².